The van der Waals surface area contributed by atoms with Crippen LogP contribution in [0, 0.1) is 23.2 Å². The van der Waals surface area contributed by atoms with Crippen LogP contribution in [-0.4, -0.2) is 31.3 Å². The van der Waals surface area contributed by atoms with Gasteiger partial charge in [0.2, 0.25) is 0 Å². The van der Waals surface area contributed by atoms with Crippen molar-refractivity contribution in [2.24, 2.45) is 23.2 Å². The highest BCUT2D eigenvalue weighted by Crippen LogP contribution is 2.65. The molecule has 0 spiro atoms. The summed E-state index contributed by atoms with van der Waals surface area (Å²) >= 11 is 0. The second kappa shape index (κ2) is 10.2. The smallest absolute Gasteiger partial charge is 0.312 e. The van der Waals surface area contributed by atoms with Gasteiger partial charge in [-0.25, -0.2) is 0 Å². The molecule has 0 heterocycles. The molecule has 200 valence electrons. The highest BCUT2D eigenvalue weighted by molar-refractivity contribution is 8.17. The van der Waals surface area contributed by atoms with E-state index < -0.39 is 32.2 Å². The van der Waals surface area contributed by atoms with Crippen LogP contribution in [0.2, 0.25) is 0 Å². The van der Waals surface area contributed by atoms with Crippen molar-refractivity contribution in [2.75, 3.05) is 12.4 Å². The van der Waals surface area contributed by atoms with E-state index in [1.54, 1.807) is 0 Å². The van der Waals surface area contributed by atoms with Crippen molar-refractivity contribution in [1.82, 2.24) is 0 Å². The van der Waals surface area contributed by atoms with Crippen molar-refractivity contribution in [2.45, 2.75) is 52.7 Å². The van der Waals surface area contributed by atoms with E-state index in [1.165, 1.54) is 20.2 Å². The van der Waals surface area contributed by atoms with Gasteiger partial charge in [-0.15, -0.1) is 0 Å². The van der Waals surface area contributed by atoms with Gasteiger partial charge in [-0.1, -0.05) is 48.5 Å². The average molecular weight is 551 g/mol. The van der Waals surface area contributed by atoms with E-state index in [0.717, 1.165) is 32.1 Å². The van der Waals surface area contributed by atoms with E-state index in [9.17, 15) is 13.2 Å². The molecule has 0 aromatic heterocycles. The quantitative estimate of drug-likeness (QED) is 0.190. The molecule has 4 bridgehead atoms. The minimum absolute atomic E-state index is 0.274. The summed E-state index contributed by atoms with van der Waals surface area (Å²) < 4.78 is 36.6. The zero-order chi connectivity index (χ0) is 26.3. The predicted molar refractivity (Wildman–Crippen MR) is 149 cm³/mol. The second-order valence-corrected chi connectivity index (χ2v) is 15.1. The third kappa shape index (κ3) is 5.04. The van der Waals surface area contributed by atoms with Crippen LogP contribution < -0.4 is 0 Å². The van der Waals surface area contributed by atoms with E-state index in [4.69, 9.17) is 9.29 Å². The molecule has 3 aromatic carbocycles. The summed E-state index contributed by atoms with van der Waals surface area (Å²) in [6, 6.07) is 30.7. The Labute approximate surface area is 227 Å². The van der Waals surface area contributed by atoms with Crippen LogP contribution in [0.5, 0.6) is 0 Å². The fourth-order valence-electron chi connectivity index (χ4n) is 7.68. The molecule has 2 unspecified atom stereocenters. The van der Waals surface area contributed by atoms with Crippen molar-refractivity contribution >= 4 is 27.0 Å². The van der Waals surface area contributed by atoms with Crippen LogP contribution in [0.25, 0.3) is 0 Å². The molecule has 4 fully saturated rings. The van der Waals surface area contributed by atoms with Gasteiger partial charge in [0.05, 0.1) is 5.41 Å². The summed E-state index contributed by atoms with van der Waals surface area (Å²) in [6.07, 6.45) is 4.71. The average Bonchev–Trinajstić information content (AvgIpc) is 2.89. The molecule has 3 aromatic rings. The molecule has 5 nitrogen and oxygen atoms in total. The Morgan fingerprint density at radius 2 is 1.42 bits per heavy atom. The molecule has 0 saturated heterocycles. The lowest BCUT2D eigenvalue weighted by molar-refractivity contribution is -0.172. The summed E-state index contributed by atoms with van der Waals surface area (Å²) in [5, 5.41) is 0. The fraction of sp³-hybridized carbons (Fsp3) is 0.387. The maximum Gasteiger partial charge on any atom is 0.312 e. The zero-order valence-electron chi connectivity index (χ0n) is 21.3. The first kappa shape index (κ1) is 25.7. The van der Waals surface area contributed by atoms with Crippen LogP contribution >= 0.6 is 10.9 Å². The van der Waals surface area contributed by atoms with Gasteiger partial charge in [0.1, 0.15) is 12.4 Å². The molecule has 0 radical (unpaired) electrons. The first-order valence-corrected chi connectivity index (χ1v) is 16.4. The number of thiol groups is 1. The number of hydrogen-bond donors (Lipinski definition) is 2. The normalized spacial score (nSPS) is 28.2. The van der Waals surface area contributed by atoms with Gasteiger partial charge in [0.15, 0.2) is 0 Å². The van der Waals surface area contributed by atoms with E-state index in [2.05, 4.69) is 84.9 Å². The van der Waals surface area contributed by atoms with E-state index in [0.29, 0.717) is 23.7 Å². The Bertz CT molecular complexity index is 1350. The summed E-state index contributed by atoms with van der Waals surface area (Å²) in [5.41, 5.74) is 0.871. The lowest BCUT2D eigenvalue weighted by Gasteiger charge is -2.59. The van der Waals surface area contributed by atoms with Crippen molar-refractivity contribution in [3.8, 4) is 0 Å². The Morgan fingerprint density at radius 3 is 2.00 bits per heavy atom. The molecule has 4 aliphatic rings. The highest BCUT2D eigenvalue weighted by Gasteiger charge is 2.59. The van der Waals surface area contributed by atoms with Crippen LogP contribution in [-0.2, 0) is 19.6 Å². The van der Waals surface area contributed by atoms with Gasteiger partial charge in [0.25, 0.3) is 10.1 Å². The molecule has 2 atom stereocenters. The zero-order valence-corrected chi connectivity index (χ0v) is 23.0. The van der Waals surface area contributed by atoms with Crippen molar-refractivity contribution in [1.29, 1.82) is 0 Å². The molecule has 0 amide bonds. The van der Waals surface area contributed by atoms with E-state index >= 15 is 0 Å². The second-order valence-electron chi connectivity index (χ2n) is 11.3. The molecular formula is C31H34O5S2. The van der Waals surface area contributed by atoms with Crippen molar-refractivity contribution in [3.05, 3.63) is 90.5 Å². The first-order valence-electron chi connectivity index (χ1n) is 13.4. The minimum Gasteiger partial charge on any atom is -0.464 e. The van der Waals surface area contributed by atoms with Gasteiger partial charge < -0.3 is 4.74 Å². The summed E-state index contributed by atoms with van der Waals surface area (Å²) in [5.74, 6) is 0.965. The largest absolute Gasteiger partial charge is 0.464 e. The molecule has 0 aliphatic heterocycles. The monoisotopic (exact) mass is 550 g/mol. The third-order valence-electron chi connectivity index (χ3n) is 8.82. The Hall–Kier alpha value is -2.61. The molecule has 7 heteroatoms. The first-order chi connectivity index (χ1) is 18.3. The maximum absolute atomic E-state index is 13.2. The predicted octanol–water partition coefficient (Wildman–Crippen LogP) is 6.51. The van der Waals surface area contributed by atoms with Crippen molar-refractivity contribution in [3.63, 3.8) is 0 Å². The summed E-state index contributed by atoms with van der Waals surface area (Å²) in [6.45, 7) is -0.284. The fourth-order valence-corrected chi connectivity index (χ4v) is 10.3. The molecule has 7 rings (SSSR count). The van der Waals surface area contributed by atoms with Crippen LogP contribution in [0.1, 0.15) is 43.6 Å². The number of carbonyl (C=O) groups is 1. The van der Waals surface area contributed by atoms with Gasteiger partial charge in [0, 0.05) is 0 Å². The van der Waals surface area contributed by atoms with Gasteiger partial charge in [-0.3, -0.25) is 9.35 Å². The van der Waals surface area contributed by atoms with Crippen LogP contribution in [0.15, 0.2) is 99.6 Å². The maximum atomic E-state index is 13.2. The standard InChI is InChI=1S/C31H34O5S2/c32-30(36-14-15-38(33,34)35)31-19-22-16-24(20-31)29(25(17-22)21-31)23-8-7-13-28(18-23)37(26-9-3-1-4-10-26)27-11-5-2-6-12-27/h1-13,18,22,24-25,29,37H,14-17,19-21H2,(H,33,34,35). The molecule has 1 N–H and O–H groups in total. The van der Waals surface area contributed by atoms with Gasteiger partial charge >= 0.3 is 5.97 Å². The van der Waals surface area contributed by atoms with Crippen LogP contribution in [0.4, 0.5) is 0 Å². The highest BCUT2D eigenvalue weighted by atomic mass is 32.2. The molecule has 4 aliphatic carbocycles. The number of carbonyl (C=O) groups excluding carboxylic acids is 1. The topological polar surface area (TPSA) is 80.7 Å². The lowest BCUT2D eigenvalue weighted by Crippen LogP contribution is -2.53. The van der Waals surface area contributed by atoms with E-state index in [1.807, 2.05) is 0 Å². The van der Waals surface area contributed by atoms with Crippen molar-refractivity contribution < 1.29 is 22.5 Å². The number of rotatable bonds is 8. The summed E-state index contributed by atoms with van der Waals surface area (Å²) in [7, 11) is -4.83. The van der Waals surface area contributed by atoms with Gasteiger partial charge in [-0.2, -0.15) is 19.3 Å². The molecular weight excluding hydrogens is 516 g/mol. The Kier molecular flexibility index (Phi) is 6.87. The number of hydrogen-bond acceptors (Lipinski definition) is 4. The minimum atomic E-state index is -4.15. The summed E-state index contributed by atoms with van der Waals surface area (Å²) in [4.78, 5) is 17.2. The van der Waals surface area contributed by atoms with E-state index in [-0.39, 0.29) is 12.6 Å². The molecule has 38 heavy (non-hydrogen) atoms. The number of benzene rings is 3. The lowest BCUT2D eigenvalue weighted by atomic mass is 9.45. The SMILES string of the molecule is O=C(OCCS(=O)(=O)O)C12CC3CC(C1)C(c1cccc([SH](c4ccccc4)c4ccccc4)c1)C(C3)C2. The Balaban J connectivity index is 1.27. The van der Waals surface area contributed by atoms with Crippen LogP contribution in [0.3, 0.4) is 0 Å². The number of ether oxygens (including phenoxy) is 1. The van der Waals surface area contributed by atoms with Gasteiger partial charge in [-0.05, 0) is 112 Å². The Morgan fingerprint density at radius 1 is 0.842 bits per heavy atom. The number of esters is 1. The molecule has 4 saturated carbocycles. The third-order valence-corrected chi connectivity index (χ3v) is 11.9.